The van der Waals surface area contributed by atoms with E-state index in [1.165, 1.54) is 0 Å². The summed E-state index contributed by atoms with van der Waals surface area (Å²) in [5, 5.41) is 0. The van der Waals surface area contributed by atoms with Crippen LogP contribution in [-0.4, -0.2) is 17.6 Å². The summed E-state index contributed by atoms with van der Waals surface area (Å²) in [6.45, 7) is 5.88. The van der Waals surface area contributed by atoms with E-state index in [0.29, 0.717) is 6.61 Å². The lowest BCUT2D eigenvalue weighted by molar-refractivity contribution is -0.148. The van der Waals surface area contributed by atoms with Gasteiger partial charge in [-0.05, 0) is 32.4 Å². The molecule has 0 saturated heterocycles. The third kappa shape index (κ3) is 2.10. The van der Waals surface area contributed by atoms with Crippen molar-refractivity contribution in [2.75, 3.05) is 6.61 Å². The summed E-state index contributed by atoms with van der Waals surface area (Å²) >= 11 is 0. The summed E-state index contributed by atoms with van der Waals surface area (Å²) in [6.07, 6.45) is 3.38. The van der Waals surface area contributed by atoms with Crippen molar-refractivity contribution in [1.29, 1.82) is 0 Å². The molecule has 0 atom stereocenters. The van der Waals surface area contributed by atoms with Gasteiger partial charge in [0.1, 0.15) is 0 Å². The highest BCUT2D eigenvalue weighted by atomic mass is 16.5. The van der Waals surface area contributed by atoms with E-state index in [4.69, 9.17) is 4.74 Å². The predicted octanol–water partition coefficient (Wildman–Crippen LogP) is 1.92. The second-order valence-corrected chi connectivity index (χ2v) is 3.59. The standard InChI is InChI=1S/C11H15NO2/c1-4-14-10(13)11(2,3)9-6-5-7-12-8-9/h5-8H,4H2,1-3H3. The molecule has 0 aromatic carbocycles. The molecule has 1 aromatic heterocycles. The lowest BCUT2D eigenvalue weighted by Gasteiger charge is -2.21. The van der Waals surface area contributed by atoms with Gasteiger partial charge in [0.25, 0.3) is 0 Å². The summed E-state index contributed by atoms with van der Waals surface area (Å²) in [5.74, 6) is -0.215. The fourth-order valence-electron chi connectivity index (χ4n) is 1.16. The first kappa shape index (κ1) is 10.7. The molecule has 0 fully saturated rings. The zero-order valence-electron chi connectivity index (χ0n) is 8.78. The van der Waals surface area contributed by atoms with Crippen LogP contribution in [0.2, 0.25) is 0 Å². The van der Waals surface area contributed by atoms with Gasteiger partial charge in [0, 0.05) is 12.4 Å². The van der Waals surface area contributed by atoms with Crippen molar-refractivity contribution in [3.63, 3.8) is 0 Å². The fourth-order valence-corrected chi connectivity index (χ4v) is 1.16. The Morgan fingerprint density at radius 2 is 2.29 bits per heavy atom. The second kappa shape index (κ2) is 4.22. The first-order chi connectivity index (χ1) is 6.59. The van der Waals surface area contributed by atoms with E-state index < -0.39 is 5.41 Å². The first-order valence-electron chi connectivity index (χ1n) is 4.66. The SMILES string of the molecule is CCOC(=O)C(C)(C)c1cccnc1. The van der Waals surface area contributed by atoms with Crippen molar-refractivity contribution in [3.8, 4) is 0 Å². The molecular weight excluding hydrogens is 178 g/mol. The third-order valence-corrected chi connectivity index (χ3v) is 2.17. The Labute approximate surface area is 84.1 Å². The van der Waals surface area contributed by atoms with Gasteiger partial charge in [-0.3, -0.25) is 9.78 Å². The van der Waals surface area contributed by atoms with Gasteiger partial charge < -0.3 is 4.74 Å². The Balaban J connectivity index is 2.90. The van der Waals surface area contributed by atoms with E-state index in [-0.39, 0.29) is 5.97 Å². The molecule has 1 rings (SSSR count). The molecule has 3 nitrogen and oxygen atoms in total. The number of nitrogens with zero attached hydrogens (tertiary/aromatic N) is 1. The minimum absolute atomic E-state index is 0.215. The van der Waals surface area contributed by atoms with Crippen LogP contribution in [-0.2, 0) is 14.9 Å². The highest BCUT2D eigenvalue weighted by molar-refractivity contribution is 5.82. The minimum Gasteiger partial charge on any atom is -0.465 e. The second-order valence-electron chi connectivity index (χ2n) is 3.59. The van der Waals surface area contributed by atoms with Gasteiger partial charge in [-0.1, -0.05) is 6.07 Å². The number of carbonyl (C=O) groups is 1. The monoisotopic (exact) mass is 193 g/mol. The summed E-state index contributed by atoms with van der Waals surface area (Å²) in [7, 11) is 0. The Hall–Kier alpha value is -1.38. The molecule has 0 unspecified atom stereocenters. The molecular formula is C11H15NO2. The van der Waals surface area contributed by atoms with Gasteiger partial charge in [-0.15, -0.1) is 0 Å². The van der Waals surface area contributed by atoms with Crippen molar-refractivity contribution in [1.82, 2.24) is 4.98 Å². The number of rotatable bonds is 3. The molecule has 0 aliphatic heterocycles. The van der Waals surface area contributed by atoms with Gasteiger partial charge in [-0.25, -0.2) is 0 Å². The average Bonchev–Trinajstić information content (AvgIpc) is 2.19. The van der Waals surface area contributed by atoms with Crippen LogP contribution >= 0.6 is 0 Å². The zero-order valence-corrected chi connectivity index (χ0v) is 8.78. The third-order valence-electron chi connectivity index (χ3n) is 2.17. The van der Waals surface area contributed by atoms with Gasteiger partial charge in [-0.2, -0.15) is 0 Å². The maximum Gasteiger partial charge on any atom is 0.316 e. The molecule has 0 aliphatic carbocycles. The normalized spacial score (nSPS) is 11.1. The molecule has 14 heavy (non-hydrogen) atoms. The number of hydrogen-bond acceptors (Lipinski definition) is 3. The molecule has 0 amide bonds. The Kier molecular flexibility index (Phi) is 3.23. The number of ether oxygens (including phenoxy) is 1. The molecule has 1 aromatic rings. The van der Waals surface area contributed by atoms with Crippen LogP contribution < -0.4 is 0 Å². The Bertz CT molecular complexity index is 306. The van der Waals surface area contributed by atoms with Crippen molar-refractivity contribution in [2.45, 2.75) is 26.2 Å². The number of hydrogen-bond donors (Lipinski definition) is 0. The molecule has 0 bridgehead atoms. The molecule has 0 spiro atoms. The van der Waals surface area contributed by atoms with Crippen LogP contribution in [0.4, 0.5) is 0 Å². The Morgan fingerprint density at radius 1 is 1.57 bits per heavy atom. The highest BCUT2D eigenvalue weighted by Gasteiger charge is 2.31. The largest absolute Gasteiger partial charge is 0.465 e. The summed E-state index contributed by atoms with van der Waals surface area (Å²) < 4.78 is 4.99. The number of esters is 1. The topological polar surface area (TPSA) is 39.2 Å². The lowest BCUT2D eigenvalue weighted by atomic mass is 9.86. The number of aromatic nitrogens is 1. The molecule has 0 radical (unpaired) electrons. The van der Waals surface area contributed by atoms with Crippen LogP contribution in [0.3, 0.4) is 0 Å². The summed E-state index contributed by atoms with van der Waals surface area (Å²) in [4.78, 5) is 15.6. The van der Waals surface area contributed by atoms with Crippen molar-refractivity contribution < 1.29 is 9.53 Å². The van der Waals surface area contributed by atoms with Crippen molar-refractivity contribution in [3.05, 3.63) is 30.1 Å². The van der Waals surface area contributed by atoms with Crippen LogP contribution in [0.5, 0.6) is 0 Å². The molecule has 0 saturated carbocycles. The maximum atomic E-state index is 11.6. The fraction of sp³-hybridized carbons (Fsp3) is 0.455. The van der Waals surface area contributed by atoms with Crippen LogP contribution in [0, 0.1) is 0 Å². The first-order valence-corrected chi connectivity index (χ1v) is 4.66. The molecule has 76 valence electrons. The quantitative estimate of drug-likeness (QED) is 0.688. The van der Waals surface area contributed by atoms with Gasteiger partial charge >= 0.3 is 5.97 Å². The van der Waals surface area contributed by atoms with Crippen molar-refractivity contribution in [2.24, 2.45) is 0 Å². The number of pyridine rings is 1. The number of carbonyl (C=O) groups excluding carboxylic acids is 1. The van der Waals surface area contributed by atoms with E-state index in [1.807, 2.05) is 26.0 Å². The maximum absolute atomic E-state index is 11.6. The zero-order chi connectivity index (χ0) is 10.6. The van der Waals surface area contributed by atoms with E-state index in [0.717, 1.165) is 5.56 Å². The van der Waals surface area contributed by atoms with Crippen LogP contribution in [0.15, 0.2) is 24.5 Å². The molecule has 0 aliphatic rings. The summed E-state index contributed by atoms with van der Waals surface area (Å²) in [5.41, 5.74) is 0.253. The average molecular weight is 193 g/mol. The Morgan fingerprint density at radius 3 is 2.79 bits per heavy atom. The van der Waals surface area contributed by atoms with E-state index in [1.54, 1.807) is 19.3 Å². The predicted molar refractivity (Wildman–Crippen MR) is 53.9 cm³/mol. The highest BCUT2D eigenvalue weighted by Crippen LogP contribution is 2.23. The lowest BCUT2D eigenvalue weighted by Crippen LogP contribution is -2.31. The summed E-state index contributed by atoms with van der Waals surface area (Å²) in [6, 6.07) is 3.69. The van der Waals surface area contributed by atoms with Crippen LogP contribution in [0.1, 0.15) is 26.3 Å². The van der Waals surface area contributed by atoms with Gasteiger partial charge in [0.05, 0.1) is 12.0 Å². The van der Waals surface area contributed by atoms with Crippen molar-refractivity contribution >= 4 is 5.97 Å². The van der Waals surface area contributed by atoms with Gasteiger partial charge in [0.2, 0.25) is 0 Å². The van der Waals surface area contributed by atoms with E-state index in [9.17, 15) is 4.79 Å². The van der Waals surface area contributed by atoms with E-state index >= 15 is 0 Å². The van der Waals surface area contributed by atoms with Crippen LogP contribution in [0.25, 0.3) is 0 Å². The molecule has 1 heterocycles. The van der Waals surface area contributed by atoms with E-state index in [2.05, 4.69) is 4.98 Å². The van der Waals surface area contributed by atoms with Gasteiger partial charge in [0.15, 0.2) is 0 Å². The molecule has 3 heteroatoms. The minimum atomic E-state index is -0.621. The smallest absolute Gasteiger partial charge is 0.316 e. The molecule has 0 N–H and O–H groups in total.